The van der Waals surface area contributed by atoms with Crippen LogP contribution in [0.25, 0.3) is 0 Å². The van der Waals surface area contributed by atoms with Crippen molar-refractivity contribution < 1.29 is 0 Å². The highest BCUT2D eigenvalue weighted by Crippen LogP contribution is 2.49. The topological polar surface area (TPSA) is 12.0 Å². The molecule has 0 aromatic rings. The largest absolute Gasteiger partial charge is 0.314 e. The van der Waals surface area contributed by atoms with Gasteiger partial charge in [-0.15, -0.1) is 0 Å². The van der Waals surface area contributed by atoms with E-state index in [0.717, 1.165) is 23.8 Å². The molecule has 0 aromatic carbocycles. The van der Waals surface area contributed by atoms with E-state index in [1.54, 1.807) is 6.42 Å². The van der Waals surface area contributed by atoms with Crippen LogP contribution in [0, 0.1) is 17.8 Å². The summed E-state index contributed by atoms with van der Waals surface area (Å²) in [4.78, 5) is 0. The molecular weight excluding hydrogens is 170 g/mol. The molecule has 2 aliphatic rings. The summed E-state index contributed by atoms with van der Waals surface area (Å²) in [7, 11) is 0. The van der Waals surface area contributed by atoms with Crippen LogP contribution in [-0.2, 0) is 0 Å². The molecule has 1 N–H and O–H groups in total. The van der Waals surface area contributed by atoms with Crippen molar-refractivity contribution in [3.05, 3.63) is 0 Å². The molecule has 1 heteroatoms. The minimum absolute atomic E-state index is 0.824. The van der Waals surface area contributed by atoms with Crippen molar-refractivity contribution in [3.8, 4) is 0 Å². The summed E-state index contributed by atoms with van der Waals surface area (Å²) in [5, 5.41) is 3.75. The Bertz CT molecular complexity index is 178. The molecule has 2 bridgehead atoms. The summed E-state index contributed by atoms with van der Waals surface area (Å²) in [6, 6.07) is 0.824. The number of rotatable bonds is 5. The SMILES string of the molecule is CCCNC(CC)C1CC2CCC1C2. The molecule has 2 rings (SSSR count). The summed E-state index contributed by atoms with van der Waals surface area (Å²) < 4.78 is 0. The third-order valence-corrected chi connectivity index (χ3v) is 4.41. The Morgan fingerprint density at radius 2 is 2.07 bits per heavy atom. The van der Waals surface area contributed by atoms with Crippen molar-refractivity contribution in [1.82, 2.24) is 5.32 Å². The molecular formula is C13H25N. The second-order valence-electron chi connectivity index (χ2n) is 5.31. The number of nitrogens with one attached hydrogen (secondary N) is 1. The fraction of sp³-hybridized carbons (Fsp3) is 1.00. The third-order valence-electron chi connectivity index (χ3n) is 4.41. The molecule has 0 radical (unpaired) electrons. The molecule has 0 amide bonds. The monoisotopic (exact) mass is 195 g/mol. The predicted molar refractivity (Wildman–Crippen MR) is 61.3 cm³/mol. The standard InChI is InChI=1S/C13H25N/c1-3-7-14-13(4-2)12-9-10-5-6-11(12)8-10/h10-14H,3-9H2,1-2H3. The Hall–Kier alpha value is -0.0400. The van der Waals surface area contributed by atoms with E-state index in [9.17, 15) is 0 Å². The lowest BCUT2D eigenvalue weighted by Crippen LogP contribution is -2.38. The van der Waals surface area contributed by atoms with Crippen molar-refractivity contribution >= 4 is 0 Å². The van der Waals surface area contributed by atoms with Gasteiger partial charge in [0.1, 0.15) is 0 Å². The van der Waals surface area contributed by atoms with Crippen molar-refractivity contribution in [2.45, 2.75) is 58.4 Å². The van der Waals surface area contributed by atoms with Crippen LogP contribution < -0.4 is 5.32 Å². The first kappa shape index (κ1) is 10.5. The second-order valence-corrected chi connectivity index (χ2v) is 5.31. The van der Waals surface area contributed by atoms with E-state index in [4.69, 9.17) is 0 Å². The van der Waals surface area contributed by atoms with Gasteiger partial charge in [0.2, 0.25) is 0 Å². The first-order chi connectivity index (χ1) is 6.85. The van der Waals surface area contributed by atoms with Crippen LogP contribution in [0.2, 0.25) is 0 Å². The van der Waals surface area contributed by atoms with E-state index in [-0.39, 0.29) is 0 Å². The Labute approximate surface area is 88.7 Å². The van der Waals surface area contributed by atoms with Gasteiger partial charge in [0.05, 0.1) is 0 Å². The highest BCUT2D eigenvalue weighted by atomic mass is 14.9. The summed E-state index contributed by atoms with van der Waals surface area (Å²) in [5.74, 6) is 3.20. The fourth-order valence-corrected chi connectivity index (χ4v) is 3.71. The maximum Gasteiger partial charge on any atom is 0.00954 e. The maximum atomic E-state index is 3.75. The lowest BCUT2D eigenvalue weighted by Gasteiger charge is -2.30. The van der Waals surface area contributed by atoms with Crippen LogP contribution in [0.15, 0.2) is 0 Å². The van der Waals surface area contributed by atoms with E-state index in [1.165, 1.54) is 38.6 Å². The first-order valence-corrected chi connectivity index (χ1v) is 6.58. The predicted octanol–water partition coefficient (Wildman–Crippen LogP) is 3.20. The molecule has 0 heterocycles. The van der Waals surface area contributed by atoms with Crippen LogP contribution in [0.1, 0.15) is 52.4 Å². The zero-order valence-corrected chi connectivity index (χ0v) is 9.76. The van der Waals surface area contributed by atoms with Gasteiger partial charge in [0, 0.05) is 6.04 Å². The average molecular weight is 195 g/mol. The molecule has 0 spiro atoms. The quantitative estimate of drug-likeness (QED) is 0.710. The van der Waals surface area contributed by atoms with E-state index in [0.29, 0.717) is 0 Å². The van der Waals surface area contributed by atoms with Gasteiger partial charge >= 0.3 is 0 Å². The van der Waals surface area contributed by atoms with Gasteiger partial charge in [-0.25, -0.2) is 0 Å². The molecule has 0 saturated heterocycles. The van der Waals surface area contributed by atoms with E-state index in [2.05, 4.69) is 19.2 Å². The van der Waals surface area contributed by atoms with Crippen molar-refractivity contribution in [3.63, 3.8) is 0 Å². The third kappa shape index (κ3) is 1.98. The Balaban J connectivity index is 1.85. The highest BCUT2D eigenvalue weighted by molar-refractivity contribution is 4.94. The van der Waals surface area contributed by atoms with Crippen LogP contribution in [0.5, 0.6) is 0 Å². The first-order valence-electron chi connectivity index (χ1n) is 6.58. The number of hydrogen-bond donors (Lipinski definition) is 1. The molecule has 82 valence electrons. The molecule has 4 unspecified atom stereocenters. The van der Waals surface area contributed by atoms with Crippen molar-refractivity contribution in [2.24, 2.45) is 17.8 Å². The second kappa shape index (κ2) is 4.65. The Morgan fingerprint density at radius 3 is 2.57 bits per heavy atom. The zero-order chi connectivity index (χ0) is 9.97. The summed E-state index contributed by atoms with van der Waals surface area (Å²) >= 11 is 0. The van der Waals surface area contributed by atoms with Gasteiger partial charge in [0.25, 0.3) is 0 Å². The average Bonchev–Trinajstić information content (AvgIpc) is 2.80. The Kier molecular flexibility index (Phi) is 3.48. The minimum Gasteiger partial charge on any atom is -0.314 e. The minimum atomic E-state index is 0.824. The molecule has 1 nitrogen and oxygen atoms in total. The van der Waals surface area contributed by atoms with Gasteiger partial charge in [-0.05, 0) is 56.4 Å². The van der Waals surface area contributed by atoms with Gasteiger partial charge < -0.3 is 5.32 Å². The van der Waals surface area contributed by atoms with Crippen LogP contribution in [0.3, 0.4) is 0 Å². The van der Waals surface area contributed by atoms with E-state index in [1.807, 2.05) is 0 Å². The normalized spacial score (nSPS) is 37.7. The maximum absolute atomic E-state index is 3.75. The van der Waals surface area contributed by atoms with Crippen LogP contribution in [-0.4, -0.2) is 12.6 Å². The zero-order valence-electron chi connectivity index (χ0n) is 9.76. The van der Waals surface area contributed by atoms with Gasteiger partial charge in [-0.3, -0.25) is 0 Å². The molecule has 4 atom stereocenters. The summed E-state index contributed by atoms with van der Waals surface area (Å²) in [5.41, 5.74) is 0. The summed E-state index contributed by atoms with van der Waals surface area (Å²) in [6.07, 6.45) is 8.74. The number of hydrogen-bond acceptors (Lipinski definition) is 1. The molecule has 0 aliphatic heterocycles. The van der Waals surface area contributed by atoms with Gasteiger partial charge in [-0.2, -0.15) is 0 Å². The van der Waals surface area contributed by atoms with Crippen LogP contribution >= 0.6 is 0 Å². The molecule has 0 aromatic heterocycles. The fourth-order valence-electron chi connectivity index (χ4n) is 3.71. The molecule has 2 saturated carbocycles. The van der Waals surface area contributed by atoms with Crippen molar-refractivity contribution in [1.29, 1.82) is 0 Å². The smallest absolute Gasteiger partial charge is 0.00954 e. The van der Waals surface area contributed by atoms with Gasteiger partial charge in [-0.1, -0.05) is 20.3 Å². The summed E-state index contributed by atoms with van der Waals surface area (Å²) in [6.45, 7) is 5.83. The lowest BCUT2D eigenvalue weighted by atomic mass is 9.82. The molecule has 2 fully saturated rings. The Morgan fingerprint density at radius 1 is 1.21 bits per heavy atom. The van der Waals surface area contributed by atoms with Crippen LogP contribution in [0.4, 0.5) is 0 Å². The van der Waals surface area contributed by atoms with Crippen molar-refractivity contribution in [2.75, 3.05) is 6.54 Å². The molecule has 2 aliphatic carbocycles. The van der Waals surface area contributed by atoms with E-state index >= 15 is 0 Å². The molecule has 14 heavy (non-hydrogen) atoms. The van der Waals surface area contributed by atoms with Gasteiger partial charge in [0.15, 0.2) is 0 Å². The highest BCUT2D eigenvalue weighted by Gasteiger charge is 2.42. The van der Waals surface area contributed by atoms with E-state index < -0.39 is 0 Å². The number of fused-ring (bicyclic) bond motifs is 2. The lowest BCUT2D eigenvalue weighted by molar-refractivity contribution is 0.243.